The normalized spacial score (nSPS) is 29.9. The van der Waals surface area contributed by atoms with Crippen LogP contribution in [-0.2, 0) is 14.4 Å². The molecule has 0 spiro atoms. The Labute approximate surface area is 160 Å². The first-order chi connectivity index (χ1) is 12.8. The Bertz CT molecular complexity index is 800. The highest BCUT2D eigenvalue weighted by atomic mass is 32.2. The lowest BCUT2D eigenvalue weighted by Gasteiger charge is -2.32. The van der Waals surface area contributed by atoms with Gasteiger partial charge in [0.25, 0.3) is 0 Å². The third kappa shape index (κ3) is 2.76. The molecular weight excluding hydrogens is 372 g/mol. The van der Waals surface area contributed by atoms with E-state index in [1.54, 1.807) is 18.2 Å². The van der Waals surface area contributed by atoms with Crippen molar-refractivity contribution in [3.63, 3.8) is 0 Å². The molecule has 27 heavy (non-hydrogen) atoms. The number of hydrogen-bond donors (Lipinski definition) is 2. The number of nitrogens with zero attached hydrogens (tertiary/aromatic N) is 1. The second kappa shape index (κ2) is 7.05. The molecule has 8 nitrogen and oxygen atoms in total. The standard InChI is InChI=1S/C18H22N2O6S/c1-20-15(22)11-12(16(20)23)18(17(24)25,7-8-27-3)19-13(11)9-5-4-6-10(26-2)14(9)21/h4-6,11-13,19,21H,7-8H2,1-3H3,(H,24,25)/t11-,12+,13+,18-/m1/s1. The molecule has 2 amide bonds. The Balaban J connectivity index is 2.15. The Morgan fingerprint density at radius 1 is 1.41 bits per heavy atom. The van der Waals surface area contributed by atoms with Crippen LogP contribution in [0.15, 0.2) is 18.2 Å². The molecule has 1 aromatic rings. The fourth-order valence-electron chi connectivity index (χ4n) is 4.33. The Hall–Kier alpha value is -2.26. The number of aromatic hydroxyl groups is 1. The summed E-state index contributed by atoms with van der Waals surface area (Å²) in [6.45, 7) is 0. The van der Waals surface area contributed by atoms with E-state index >= 15 is 0 Å². The van der Waals surface area contributed by atoms with Crippen molar-refractivity contribution < 1.29 is 34.7 Å². The molecule has 2 fully saturated rings. The van der Waals surface area contributed by atoms with E-state index in [0.29, 0.717) is 11.3 Å². The molecule has 0 aromatic heterocycles. The largest absolute Gasteiger partial charge is 0.544 e. The molecule has 2 heterocycles. The van der Waals surface area contributed by atoms with Gasteiger partial charge >= 0.3 is 0 Å². The zero-order chi connectivity index (χ0) is 19.9. The van der Waals surface area contributed by atoms with Crippen LogP contribution in [0.1, 0.15) is 18.0 Å². The van der Waals surface area contributed by atoms with Crippen molar-refractivity contribution in [3.8, 4) is 11.5 Å². The van der Waals surface area contributed by atoms with E-state index in [0.717, 1.165) is 4.90 Å². The van der Waals surface area contributed by atoms with Gasteiger partial charge in [-0.15, -0.1) is 0 Å². The molecule has 146 valence electrons. The maximum Gasteiger partial charge on any atom is 0.239 e. The molecule has 0 aliphatic carbocycles. The second-order valence-corrected chi connectivity index (χ2v) is 7.89. The molecule has 0 radical (unpaired) electrons. The van der Waals surface area contributed by atoms with Gasteiger partial charge in [-0.05, 0) is 24.1 Å². The summed E-state index contributed by atoms with van der Waals surface area (Å²) >= 11 is 1.46. The number of quaternary nitrogens is 1. The van der Waals surface area contributed by atoms with Gasteiger partial charge in [0.15, 0.2) is 17.0 Å². The predicted octanol–water partition coefficient (Wildman–Crippen LogP) is -1.51. The van der Waals surface area contributed by atoms with Crippen molar-refractivity contribution in [3.05, 3.63) is 23.8 Å². The molecule has 0 bridgehead atoms. The van der Waals surface area contributed by atoms with Crippen LogP contribution in [0.5, 0.6) is 11.5 Å². The van der Waals surface area contributed by atoms with E-state index < -0.39 is 41.2 Å². The highest BCUT2D eigenvalue weighted by Crippen LogP contribution is 2.47. The van der Waals surface area contributed by atoms with E-state index in [2.05, 4.69) is 0 Å². The average molecular weight is 394 g/mol. The van der Waals surface area contributed by atoms with Crippen LogP contribution in [0, 0.1) is 11.8 Å². The van der Waals surface area contributed by atoms with Crippen LogP contribution < -0.4 is 15.2 Å². The lowest BCUT2D eigenvalue weighted by molar-refractivity contribution is -0.739. The number of likely N-dealkylation sites (tertiary alicyclic amines) is 1. The summed E-state index contributed by atoms with van der Waals surface area (Å²) in [6.07, 6.45) is 2.01. The number of nitrogens with two attached hydrogens (primary N) is 1. The van der Waals surface area contributed by atoms with Gasteiger partial charge in [0.1, 0.15) is 23.8 Å². The van der Waals surface area contributed by atoms with Crippen molar-refractivity contribution in [2.75, 3.05) is 26.2 Å². The van der Waals surface area contributed by atoms with Crippen LogP contribution in [0.4, 0.5) is 0 Å². The van der Waals surface area contributed by atoms with Crippen LogP contribution in [0.25, 0.3) is 0 Å². The quantitative estimate of drug-likeness (QED) is 0.562. The number of rotatable bonds is 6. The summed E-state index contributed by atoms with van der Waals surface area (Å²) in [5.41, 5.74) is -1.20. The van der Waals surface area contributed by atoms with Gasteiger partial charge in [0.2, 0.25) is 11.8 Å². The van der Waals surface area contributed by atoms with Gasteiger partial charge in [-0.1, -0.05) is 6.07 Å². The number of benzene rings is 1. The number of phenolic OH excluding ortho intramolecular Hbond substituents is 1. The van der Waals surface area contributed by atoms with E-state index in [-0.39, 0.29) is 17.9 Å². The summed E-state index contributed by atoms with van der Waals surface area (Å²) < 4.78 is 5.13. The average Bonchev–Trinajstić information content (AvgIpc) is 3.11. The fraction of sp³-hybridized carbons (Fsp3) is 0.500. The van der Waals surface area contributed by atoms with Crippen molar-refractivity contribution in [2.24, 2.45) is 11.8 Å². The number of para-hydroxylation sites is 1. The fourth-order valence-corrected chi connectivity index (χ4v) is 4.87. The van der Waals surface area contributed by atoms with Gasteiger partial charge < -0.3 is 25.1 Å². The summed E-state index contributed by atoms with van der Waals surface area (Å²) in [5.74, 6) is -3.70. The molecule has 2 aliphatic rings. The zero-order valence-electron chi connectivity index (χ0n) is 15.3. The number of carboxylic acids is 1. The van der Waals surface area contributed by atoms with Crippen LogP contribution in [0.2, 0.25) is 0 Å². The summed E-state index contributed by atoms with van der Waals surface area (Å²) in [6, 6.07) is 4.11. The van der Waals surface area contributed by atoms with E-state index in [1.165, 1.54) is 31.2 Å². The number of phenols is 1. The first-order valence-electron chi connectivity index (χ1n) is 8.53. The van der Waals surface area contributed by atoms with Gasteiger partial charge in [-0.3, -0.25) is 14.5 Å². The first kappa shape index (κ1) is 19.5. The topological polar surface area (TPSA) is 124 Å². The highest BCUT2D eigenvalue weighted by Gasteiger charge is 2.69. The number of hydrogen-bond acceptors (Lipinski definition) is 7. The number of fused-ring (bicyclic) bond motifs is 1. The van der Waals surface area contributed by atoms with Crippen LogP contribution in [-0.4, -0.2) is 59.5 Å². The summed E-state index contributed by atoms with van der Waals surface area (Å²) in [7, 11) is 2.77. The van der Waals surface area contributed by atoms with Gasteiger partial charge in [0.05, 0.1) is 12.7 Å². The molecule has 0 unspecified atom stereocenters. The number of imide groups is 1. The SMILES string of the molecule is COc1cccc([C@@H]2[NH2+][C@@](CCSC)(C(=O)[O-])[C@@H]3C(=O)N(C)C(=O)[C@H]32)c1O. The van der Waals surface area contributed by atoms with Crippen LogP contribution in [0.3, 0.4) is 0 Å². The minimum absolute atomic E-state index is 0.159. The number of aliphatic carboxylic acids is 1. The number of methoxy groups -OCH3 is 1. The first-order valence-corrected chi connectivity index (χ1v) is 9.93. The number of carbonyl (C=O) groups excluding carboxylic acids is 3. The van der Waals surface area contributed by atoms with Gasteiger partial charge in [-0.25, -0.2) is 0 Å². The van der Waals surface area contributed by atoms with Crippen molar-refractivity contribution in [2.45, 2.75) is 18.0 Å². The number of carbonyl (C=O) groups is 3. The smallest absolute Gasteiger partial charge is 0.239 e. The molecule has 3 N–H and O–H groups in total. The molecule has 2 saturated heterocycles. The number of ether oxygens (including phenoxy) is 1. The third-order valence-electron chi connectivity index (χ3n) is 5.70. The Morgan fingerprint density at radius 2 is 2.11 bits per heavy atom. The molecule has 1 aromatic carbocycles. The summed E-state index contributed by atoms with van der Waals surface area (Å²) in [5, 5.41) is 24.3. The monoisotopic (exact) mass is 394 g/mol. The minimum atomic E-state index is -1.56. The van der Waals surface area contributed by atoms with Gasteiger partial charge in [-0.2, -0.15) is 11.8 Å². The third-order valence-corrected chi connectivity index (χ3v) is 6.31. The predicted molar refractivity (Wildman–Crippen MR) is 94.8 cm³/mol. The van der Waals surface area contributed by atoms with Gasteiger partial charge in [0, 0.05) is 13.5 Å². The maximum atomic E-state index is 12.8. The van der Waals surface area contributed by atoms with E-state index in [9.17, 15) is 24.6 Å². The summed E-state index contributed by atoms with van der Waals surface area (Å²) in [4.78, 5) is 38.7. The lowest BCUT2D eigenvalue weighted by Crippen LogP contribution is -2.99. The van der Waals surface area contributed by atoms with E-state index in [4.69, 9.17) is 4.74 Å². The zero-order valence-corrected chi connectivity index (χ0v) is 16.1. The minimum Gasteiger partial charge on any atom is -0.544 e. The van der Waals surface area contributed by atoms with Crippen molar-refractivity contribution in [1.82, 2.24) is 4.90 Å². The molecule has 2 aliphatic heterocycles. The second-order valence-electron chi connectivity index (χ2n) is 6.90. The molecular formula is C18H22N2O6S. The number of amides is 2. The van der Waals surface area contributed by atoms with Crippen molar-refractivity contribution in [1.29, 1.82) is 0 Å². The number of carboxylic acid groups (broad SMARTS) is 1. The molecule has 9 heteroatoms. The molecule has 0 saturated carbocycles. The van der Waals surface area contributed by atoms with Crippen LogP contribution >= 0.6 is 11.8 Å². The molecule has 4 atom stereocenters. The highest BCUT2D eigenvalue weighted by molar-refractivity contribution is 7.98. The molecule has 3 rings (SSSR count). The Kier molecular flexibility index (Phi) is 5.09. The van der Waals surface area contributed by atoms with E-state index in [1.807, 2.05) is 6.26 Å². The Morgan fingerprint density at radius 3 is 2.70 bits per heavy atom. The number of thioether (sulfide) groups is 1. The van der Waals surface area contributed by atoms with Crippen molar-refractivity contribution >= 4 is 29.5 Å². The maximum absolute atomic E-state index is 12.8. The lowest BCUT2D eigenvalue weighted by atomic mass is 9.78.